The van der Waals surface area contributed by atoms with Gasteiger partial charge in [0, 0.05) is 12.2 Å². The van der Waals surface area contributed by atoms with Crippen LogP contribution in [-0.4, -0.2) is 14.1 Å². The summed E-state index contributed by atoms with van der Waals surface area (Å²) in [5.74, 6) is -0.383. The van der Waals surface area contributed by atoms with E-state index >= 15 is 0 Å². The van der Waals surface area contributed by atoms with Crippen LogP contribution in [0.2, 0.25) is 0 Å². The van der Waals surface area contributed by atoms with E-state index in [9.17, 15) is 35.9 Å². The van der Waals surface area contributed by atoms with Crippen LogP contribution in [0.1, 0.15) is 49.3 Å². The summed E-state index contributed by atoms with van der Waals surface area (Å²) in [6, 6.07) is 8.32. The second-order valence-electron chi connectivity index (χ2n) is 8.20. The van der Waals surface area contributed by atoms with E-state index < -0.39 is 41.4 Å². The van der Waals surface area contributed by atoms with Crippen molar-refractivity contribution in [2.24, 2.45) is 0 Å². The topological polar surface area (TPSA) is 68.9 Å². The summed E-state index contributed by atoms with van der Waals surface area (Å²) in [7, 11) is 0. The Labute approximate surface area is 202 Å². The SMILES string of the molecule is CCCCCCn1c(=O)nc(Nc2cccc(C(F)(F)F)c2)n(Cc2cccc(C(F)(F)F)c2)c1=O. The quantitative estimate of drug-likeness (QED) is 0.289. The number of aromatic nitrogens is 3. The molecule has 2 aromatic carbocycles. The Bertz CT molecular complexity index is 1310. The van der Waals surface area contributed by atoms with Crippen LogP contribution in [0.4, 0.5) is 38.0 Å². The molecule has 0 amide bonds. The third kappa shape index (κ3) is 6.76. The van der Waals surface area contributed by atoms with Crippen LogP contribution in [0.15, 0.2) is 58.1 Å². The van der Waals surface area contributed by atoms with E-state index in [1.807, 2.05) is 6.92 Å². The Hall–Kier alpha value is -3.57. The summed E-state index contributed by atoms with van der Waals surface area (Å²) in [4.78, 5) is 29.7. The molecule has 3 rings (SSSR count). The van der Waals surface area contributed by atoms with Gasteiger partial charge in [-0.2, -0.15) is 31.3 Å². The van der Waals surface area contributed by atoms with E-state index in [-0.39, 0.29) is 23.7 Å². The zero-order valence-electron chi connectivity index (χ0n) is 19.3. The number of hydrogen-bond donors (Lipinski definition) is 1. The molecule has 0 aliphatic heterocycles. The number of anilines is 2. The normalized spacial score (nSPS) is 12.1. The van der Waals surface area contributed by atoms with Gasteiger partial charge in [-0.1, -0.05) is 44.4 Å². The second kappa shape index (κ2) is 11.0. The van der Waals surface area contributed by atoms with Crippen LogP contribution in [0.3, 0.4) is 0 Å². The average molecular weight is 514 g/mol. The van der Waals surface area contributed by atoms with Crippen molar-refractivity contribution in [3.63, 3.8) is 0 Å². The minimum atomic E-state index is -4.63. The van der Waals surface area contributed by atoms with Gasteiger partial charge in [0.25, 0.3) is 0 Å². The lowest BCUT2D eigenvalue weighted by Crippen LogP contribution is -2.42. The summed E-state index contributed by atoms with van der Waals surface area (Å²) in [5.41, 5.74) is -3.65. The number of hydrogen-bond acceptors (Lipinski definition) is 4. The van der Waals surface area contributed by atoms with Gasteiger partial charge >= 0.3 is 23.7 Å². The van der Waals surface area contributed by atoms with Crippen LogP contribution in [0.5, 0.6) is 0 Å². The van der Waals surface area contributed by atoms with Crippen molar-refractivity contribution in [1.82, 2.24) is 14.1 Å². The molecule has 36 heavy (non-hydrogen) atoms. The number of nitrogens with one attached hydrogen (secondary N) is 1. The Kier molecular flexibility index (Phi) is 8.26. The molecule has 0 aliphatic carbocycles. The number of alkyl halides is 6. The summed E-state index contributed by atoms with van der Waals surface area (Å²) in [6.45, 7) is 1.65. The largest absolute Gasteiger partial charge is 0.416 e. The van der Waals surface area contributed by atoms with Crippen molar-refractivity contribution in [2.75, 3.05) is 5.32 Å². The van der Waals surface area contributed by atoms with Gasteiger partial charge < -0.3 is 5.32 Å². The Morgan fingerprint density at radius 3 is 2.11 bits per heavy atom. The number of halogens is 6. The summed E-state index contributed by atoms with van der Waals surface area (Å²) in [5, 5.41) is 2.55. The van der Waals surface area contributed by atoms with Gasteiger partial charge in [0.2, 0.25) is 5.95 Å². The summed E-state index contributed by atoms with van der Waals surface area (Å²) < 4.78 is 80.7. The van der Waals surface area contributed by atoms with Crippen molar-refractivity contribution >= 4 is 11.6 Å². The molecule has 0 saturated carbocycles. The van der Waals surface area contributed by atoms with Gasteiger partial charge in [-0.3, -0.25) is 4.57 Å². The molecule has 0 atom stereocenters. The molecule has 0 radical (unpaired) electrons. The third-order valence-electron chi connectivity index (χ3n) is 5.43. The minimum absolute atomic E-state index is 0.0527. The fourth-order valence-corrected chi connectivity index (χ4v) is 3.59. The monoisotopic (exact) mass is 514 g/mol. The van der Waals surface area contributed by atoms with Crippen LogP contribution in [-0.2, 0) is 25.4 Å². The first-order chi connectivity index (χ1) is 16.9. The molecule has 12 heteroatoms. The number of unbranched alkanes of at least 4 members (excludes halogenated alkanes) is 3. The lowest BCUT2D eigenvalue weighted by Gasteiger charge is -2.17. The maximum absolute atomic E-state index is 13.2. The first-order valence-electron chi connectivity index (χ1n) is 11.2. The number of nitrogens with zero attached hydrogens (tertiary/aromatic N) is 3. The van der Waals surface area contributed by atoms with Crippen molar-refractivity contribution < 1.29 is 26.3 Å². The van der Waals surface area contributed by atoms with Crippen molar-refractivity contribution in [2.45, 2.75) is 58.0 Å². The number of benzene rings is 2. The van der Waals surface area contributed by atoms with Crippen LogP contribution < -0.4 is 16.7 Å². The highest BCUT2D eigenvalue weighted by molar-refractivity contribution is 5.55. The highest BCUT2D eigenvalue weighted by Gasteiger charge is 2.31. The van der Waals surface area contributed by atoms with Gasteiger partial charge in [-0.15, -0.1) is 0 Å². The summed E-state index contributed by atoms with van der Waals surface area (Å²) in [6.07, 6.45) is -6.18. The molecule has 0 saturated heterocycles. The molecular weight excluding hydrogens is 490 g/mol. The highest BCUT2D eigenvalue weighted by Crippen LogP contribution is 2.32. The van der Waals surface area contributed by atoms with E-state index in [2.05, 4.69) is 10.3 Å². The fourth-order valence-electron chi connectivity index (χ4n) is 3.59. The first kappa shape index (κ1) is 27.0. The molecule has 0 spiro atoms. The first-order valence-corrected chi connectivity index (χ1v) is 11.2. The Morgan fingerprint density at radius 2 is 1.47 bits per heavy atom. The lowest BCUT2D eigenvalue weighted by atomic mass is 10.1. The molecule has 1 heterocycles. The molecule has 1 N–H and O–H groups in total. The fraction of sp³-hybridized carbons (Fsp3) is 0.375. The van der Waals surface area contributed by atoms with Crippen LogP contribution >= 0.6 is 0 Å². The van der Waals surface area contributed by atoms with E-state index in [0.29, 0.717) is 6.42 Å². The minimum Gasteiger partial charge on any atom is -0.325 e. The van der Waals surface area contributed by atoms with E-state index in [4.69, 9.17) is 0 Å². The molecular formula is C24H24F6N4O2. The van der Waals surface area contributed by atoms with Gasteiger partial charge in [-0.05, 0) is 42.3 Å². The summed E-state index contributed by atoms with van der Waals surface area (Å²) >= 11 is 0. The Morgan fingerprint density at radius 1 is 0.833 bits per heavy atom. The van der Waals surface area contributed by atoms with Crippen LogP contribution in [0.25, 0.3) is 0 Å². The number of rotatable bonds is 9. The molecule has 0 bridgehead atoms. The zero-order valence-corrected chi connectivity index (χ0v) is 19.3. The van der Waals surface area contributed by atoms with Crippen molar-refractivity contribution in [3.05, 3.63) is 86.2 Å². The third-order valence-corrected chi connectivity index (χ3v) is 5.43. The smallest absolute Gasteiger partial charge is 0.325 e. The average Bonchev–Trinajstić information content (AvgIpc) is 2.80. The molecule has 0 fully saturated rings. The van der Waals surface area contributed by atoms with E-state index in [1.165, 1.54) is 18.2 Å². The van der Waals surface area contributed by atoms with Crippen LogP contribution in [0, 0.1) is 0 Å². The van der Waals surface area contributed by atoms with Crippen molar-refractivity contribution in [3.8, 4) is 0 Å². The molecule has 0 aliphatic rings. The predicted molar refractivity (Wildman–Crippen MR) is 122 cm³/mol. The highest BCUT2D eigenvalue weighted by atomic mass is 19.4. The standard InChI is InChI=1S/C24H24F6N4O2/c1-2-3-4-5-12-33-21(35)32-20(31-19-11-7-10-18(14-19)24(28,29)30)34(22(33)36)15-16-8-6-9-17(13-16)23(25,26)27/h6-11,13-14H,2-5,12,15H2,1H3,(H,31,32,35). The van der Waals surface area contributed by atoms with E-state index in [1.54, 1.807) is 0 Å². The van der Waals surface area contributed by atoms with Gasteiger partial charge in [0.05, 0.1) is 17.7 Å². The maximum atomic E-state index is 13.2. The second-order valence-corrected chi connectivity index (χ2v) is 8.20. The van der Waals surface area contributed by atoms with Gasteiger partial charge in [0.1, 0.15) is 0 Å². The lowest BCUT2D eigenvalue weighted by molar-refractivity contribution is -0.138. The zero-order chi connectivity index (χ0) is 26.5. The molecule has 194 valence electrons. The van der Waals surface area contributed by atoms with Crippen molar-refractivity contribution in [1.29, 1.82) is 0 Å². The van der Waals surface area contributed by atoms with Gasteiger partial charge in [-0.25, -0.2) is 14.2 Å². The van der Waals surface area contributed by atoms with Gasteiger partial charge in [0.15, 0.2) is 0 Å². The Balaban J connectivity index is 2.06. The molecule has 0 unspecified atom stereocenters. The van der Waals surface area contributed by atoms with E-state index in [0.717, 1.165) is 58.7 Å². The molecule has 3 aromatic rings. The molecule has 6 nitrogen and oxygen atoms in total. The maximum Gasteiger partial charge on any atom is 0.416 e. The predicted octanol–water partition coefficient (Wildman–Crippen LogP) is 5.81. The molecule has 1 aromatic heterocycles.